The molecule has 0 fully saturated rings. The molecule has 0 heterocycles. The van der Waals surface area contributed by atoms with E-state index >= 15 is 0 Å². The molecule has 0 aromatic heterocycles. The minimum atomic E-state index is -0.939. The third-order valence-corrected chi connectivity index (χ3v) is 3.43. The van der Waals surface area contributed by atoms with Crippen LogP contribution in [0.2, 0.25) is 0 Å². The number of carbonyl (C=O) groups is 2. The van der Waals surface area contributed by atoms with E-state index in [9.17, 15) is 9.59 Å². The number of benzene rings is 1. The molecule has 0 saturated heterocycles. The summed E-state index contributed by atoms with van der Waals surface area (Å²) in [5, 5.41) is 11.4. The zero-order chi connectivity index (χ0) is 14.4. The van der Waals surface area contributed by atoms with E-state index in [0.717, 1.165) is 3.57 Å². The topological polar surface area (TPSA) is 75.6 Å². The molecule has 6 heteroatoms. The molecule has 0 aliphatic heterocycles. The normalized spacial score (nSPS) is 13.4. The van der Waals surface area contributed by atoms with Crippen LogP contribution in [0, 0.1) is 9.49 Å². The number of amides is 1. The van der Waals surface area contributed by atoms with Crippen LogP contribution in [0.25, 0.3) is 0 Å². The smallest absolute Gasteiger partial charge is 0.308 e. The predicted octanol–water partition coefficient (Wildman–Crippen LogP) is 1.90. The van der Waals surface area contributed by atoms with E-state index in [4.69, 9.17) is 9.84 Å². The zero-order valence-corrected chi connectivity index (χ0v) is 12.9. The van der Waals surface area contributed by atoms with Crippen molar-refractivity contribution in [1.29, 1.82) is 0 Å². The van der Waals surface area contributed by atoms with Gasteiger partial charge in [0.15, 0.2) is 6.61 Å². The van der Waals surface area contributed by atoms with Gasteiger partial charge in [-0.25, -0.2) is 0 Å². The number of hydrogen-bond acceptors (Lipinski definition) is 3. The molecule has 0 bridgehead atoms. The average Bonchev–Trinajstić information content (AvgIpc) is 2.37. The summed E-state index contributed by atoms with van der Waals surface area (Å²) >= 11 is 2.18. The van der Waals surface area contributed by atoms with Crippen LogP contribution in [0.4, 0.5) is 0 Å². The first-order valence-electron chi connectivity index (χ1n) is 5.80. The molecular weight excluding hydrogens is 361 g/mol. The lowest BCUT2D eigenvalue weighted by Gasteiger charge is -2.17. The molecule has 19 heavy (non-hydrogen) atoms. The molecule has 104 valence electrons. The summed E-state index contributed by atoms with van der Waals surface area (Å²) in [5.74, 6) is -1.30. The average molecular weight is 377 g/mol. The molecule has 1 aromatic rings. The van der Waals surface area contributed by atoms with Crippen LogP contribution >= 0.6 is 22.6 Å². The van der Waals surface area contributed by atoms with Gasteiger partial charge in [0.25, 0.3) is 5.91 Å². The minimum Gasteiger partial charge on any atom is -0.484 e. The quantitative estimate of drug-likeness (QED) is 0.743. The fourth-order valence-corrected chi connectivity index (χ4v) is 1.67. The van der Waals surface area contributed by atoms with Gasteiger partial charge >= 0.3 is 5.97 Å². The van der Waals surface area contributed by atoms with Crippen molar-refractivity contribution in [2.24, 2.45) is 5.92 Å². The molecule has 2 atom stereocenters. The molecule has 0 radical (unpaired) electrons. The lowest BCUT2D eigenvalue weighted by Crippen LogP contribution is -2.42. The predicted molar refractivity (Wildman–Crippen MR) is 79.1 cm³/mol. The lowest BCUT2D eigenvalue weighted by atomic mass is 10.0. The Kier molecular flexibility index (Phi) is 6.07. The standard InChI is InChI=1S/C13H16INO4/c1-8(13(17)18)9(2)15-12(16)7-19-11-5-3-10(14)4-6-11/h3-6,8-9H,7H2,1-2H3,(H,15,16)(H,17,18). The highest BCUT2D eigenvalue weighted by atomic mass is 127. The molecular formula is C13H16INO4. The monoisotopic (exact) mass is 377 g/mol. The Labute approximate surface area is 125 Å². The molecule has 1 aromatic carbocycles. The molecule has 0 aliphatic rings. The number of ether oxygens (including phenoxy) is 1. The molecule has 0 aliphatic carbocycles. The van der Waals surface area contributed by atoms with Crippen molar-refractivity contribution in [3.8, 4) is 5.75 Å². The van der Waals surface area contributed by atoms with Gasteiger partial charge in [-0.15, -0.1) is 0 Å². The Morgan fingerprint density at radius 1 is 1.32 bits per heavy atom. The highest BCUT2D eigenvalue weighted by molar-refractivity contribution is 14.1. The first-order chi connectivity index (χ1) is 8.90. The Morgan fingerprint density at radius 3 is 2.42 bits per heavy atom. The van der Waals surface area contributed by atoms with Gasteiger partial charge < -0.3 is 15.2 Å². The molecule has 0 saturated carbocycles. The lowest BCUT2D eigenvalue weighted by molar-refractivity contribution is -0.142. The second kappa shape index (κ2) is 7.32. The van der Waals surface area contributed by atoms with Crippen molar-refractivity contribution in [2.45, 2.75) is 19.9 Å². The van der Waals surface area contributed by atoms with Gasteiger partial charge in [0.2, 0.25) is 0 Å². The Bertz CT molecular complexity index is 446. The zero-order valence-electron chi connectivity index (χ0n) is 10.7. The molecule has 5 nitrogen and oxygen atoms in total. The van der Waals surface area contributed by atoms with Crippen LogP contribution in [0.1, 0.15) is 13.8 Å². The number of halogens is 1. The number of nitrogens with one attached hydrogen (secondary N) is 1. The summed E-state index contributed by atoms with van der Waals surface area (Å²) < 4.78 is 6.38. The minimum absolute atomic E-state index is 0.128. The third-order valence-electron chi connectivity index (χ3n) is 2.71. The van der Waals surface area contributed by atoms with Gasteiger partial charge in [-0.2, -0.15) is 0 Å². The number of carboxylic acid groups (broad SMARTS) is 1. The van der Waals surface area contributed by atoms with E-state index in [1.165, 1.54) is 0 Å². The maximum Gasteiger partial charge on any atom is 0.308 e. The summed E-state index contributed by atoms with van der Waals surface area (Å²) in [7, 11) is 0. The van der Waals surface area contributed by atoms with Crippen molar-refractivity contribution in [1.82, 2.24) is 5.32 Å². The van der Waals surface area contributed by atoms with Crippen molar-refractivity contribution in [3.63, 3.8) is 0 Å². The summed E-state index contributed by atoms with van der Waals surface area (Å²) in [6.45, 7) is 3.08. The summed E-state index contributed by atoms with van der Waals surface area (Å²) in [4.78, 5) is 22.3. The van der Waals surface area contributed by atoms with Gasteiger partial charge in [-0.05, 0) is 60.7 Å². The Hall–Kier alpha value is -1.31. The fourth-order valence-electron chi connectivity index (χ4n) is 1.31. The van der Waals surface area contributed by atoms with E-state index in [1.54, 1.807) is 26.0 Å². The number of carboxylic acids is 1. The van der Waals surface area contributed by atoms with Gasteiger partial charge in [-0.1, -0.05) is 0 Å². The van der Waals surface area contributed by atoms with Crippen LogP contribution in [-0.2, 0) is 9.59 Å². The largest absolute Gasteiger partial charge is 0.484 e. The van der Waals surface area contributed by atoms with Crippen LogP contribution in [0.5, 0.6) is 5.75 Å². The molecule has 1 rings (SSSR count). The van der Waals surface area contributed by atoms with Crippen LogP contribution in [0.15, 0.2) is 24.3 Å². The fraction of sp³-hybridized carbons (Fsp3) is 0.385. The first kappa shape index (κ1) is 15.7. The van der Waals surface area contributed by atoms with Crippen molar-refractivity contribution in [2.75, 3.05) is 6.61 Å². The van der Waals surface area contributed by atoms with Crippen LogP contribution < -0.4 is 10.1 Å². The maximum atomic E-state index is 11.6. The van der Waals surface area contributed by atoms with Gasteiger partial charge in [-0.3, -0.25) is 9.59 Å². The second-order valence-electron chi connectivity index (χ2n) is 4.23. The van der Waals surface area contributed by atoms with E-state index in [0.29, 0.717) is 5.75 Å². The molecule has 1 amide bonds. The SMILES string of the molecule is CC(NC(=O)COc1ccc(I)cc1)C(C)C(=O)O. The molecule has 2 N–H and O–H groups in total. The molecule has 2 unspecified atom stereocenters. The van der Waals surface area contributed by atoms with Gasteiger partial charge in [0.05, 0.1) is 5.92 Å². The van der Waals surface area contributed by atoms with Crippen molar-refractivity contribution >= 4 is 34.5 Å². The van der Waals surface area contributed by atoms with Crippen LogP contribution in [0.3, 0.4) is 0 Å². The van der Waals surface area contributed by atoms with Crippen molar-refractivity contribution in [3.05, 3.63) is 27.8 Å². The van der Waals surface area contributed by atoms with Crippen LogP contribution in [-0.4, -0.2) is 29.6 Å². The summed E-state index contributed by atoms with van der Waals surface area (Å²) in [6, 6.07) is 6.87. The second-order valence-corrected chi connectivity index (χ2v) is 5.47. The third kappa shape index (κ3) is 5.46. The van der Waals surface area contributed by atoms with Gasteiger partial charge in [0.1, 0.15) is 5.75 Å². The number of aliphatic carboxylic acids is 1. The van der Waals surface area contributed by atoms with E-state index in [-0.39, 0.29) is 12.5 Å². The highest BCUT2D eigenvalue weighted by Crippen LogP contribution is 2.13. The first-order valence-corrected chi connectivity index (χ1v) is 6.88. The maximum absolute atomic E-state index is 11.6. The highest BCUT2D eigenvalue weighted by Gasteiger charge is 2.20. The van der Waals surface area contributed by atoms with Gasteiger partial charge in [0, 0.05) is 9.61 Å². The Morgan fingerprint density at radius 2 is 1.89 bits per heavy atom. The number of rotatable bonds is 6. The van der Waals surface area contributed by atoms with E-state index < -0.39 is 17.9 Å². The van der Waals surface area contributed by atoms with Crippen molar-refractivity contribution < 1.29 is 19.4 Å². The Balaban J connectivity index is 2.39. The summed E-state index contributed by atoms with van der Waals surface area (Å²) in [6.07, 6.45) is 0. The van der Waals surface area contributed by atoms with E-state index in [1.807, 2.05) is 12.1 Å². The number of hydrogen-bond donors (Lipinski definition) is 2. The summed E-state index contributed by atoms with van der Waals surface area (Å²) in [5.41, 5.74) is 0. The molecule has 0 spiro atoms. The number of carbonyl (C=O) groups excluding carboxylic acids is 1. The van der Waals surface area contributed by atoms with E-state index in [2.05, 4.69) is 27.9 Å².